The van der Waals surface area contributed by atoms with Crippen molar-refractivity contribution < 1.29 is 23.8 Å². The van der Waals surface area contributed by atoms with E-state index in [4.69, 9.17) is 14.2 Å². The van der Waals surface area contributed by atoms with Crippen LogP contribution in [0.5, 0.6) is 11.5 Å². The minimum Gasteiger partial charge on any atom is -0.497 e. The topological polar surface area (TPSA) is 61.8 Å². The van der Waals surface area contributed by atoms with Crippen molar-refractivity contribution in [2.75, 3.05) is 20.8 Å². The largest absolute Gasteiger partial charge is 0.497 e. The van der Waals surface area contributed by atoms with Crippen LogP contribution in [0.2, 0.25) is 0 Å². The van der Waals surface area contributed by atoms with Crippen LogP contribution in [-0.2, 0) is 16.0 Å². The highest BCUT2D eigenvalue weighted by Crippen LogP contribution is 2.37. The summed E-state index contributed by atoms with van der Waals surface area (Å²) < 4.78 is 15.6. The maximum atomic E-state index is 12.4. The van der Waals surface area contributed by atoms with Gasteiger partial charge in [0, 0.05) is 6.07 Å². The lowest BCUT2D eigenvalue weighted by Crippen LogP contribution is -2.23. The third kappa shape index (κ3) is 3.01. The van der Waals surface area contributed by atoms with Crippen LogP contribution in [0.3, 0.4) is 0 Å². The van der Waals surface area contributed by atoms with Crippen molar-refractivity contribution in [3.05, 3.63) is 23.3 Å². The highest BCUT2D eigenvalue weighted by Gasteiger charge is 2.39. The van der Waals surface area contributed by atoms with Gasteiger partial charge in [-0.3, -0.25) is 9.59 Å². The third-order valence-corrected chi connectivity index (χ3v) is 3.63. The Morgan fingerprint density at radius 1 is 1.29 bits per heavy atom. The van der Waals surface area contributed by atoms with Crippen LogP contribution in [0.1, 0.15) is 35.7 Å². The predicted octanol–water partition coefficient (Wildman–Crippen LogP) is 2.40. The second-order valence-corrected chi connectivity index (χ2v) is 5.01. The van der Waals surface area contributed by atoms with Gasteiger partial charge in [-0.2, -0.15) is 0 Å². The number of rotatable bonds is 6. The summed E-state index contributed by atoms with van der Waals surface area (Å²) in [6, 6.07) is 3.43. The lowest BCUT2D eigenvalue weighted by molar-refractivity contribution is -0.146. The van der Waals surface area contributed by atoms with Crippen molar-refractivity contribution >= 4 is 11.8 Å². The fourth-order valence-electron chi connectivity index (χ4n) is 2.46. The number of hydrogen-bond donors (Lipinski definition) is 0. The van der Waals surface area contributed by atoms with Crippen LogP contribution in [0.4, 0.5) is 0 Å². The maximum Gasteiger partial charge on any atom is 0.317 e. The summed E-state index contributed by atoms with van der Waals surface area (Å²) in [5, 5.41) is 0. The molecule has 0 aliphatic heterocycles. The number of ketones is 1. The number of methoxy groups -OCH3 is 2. The second kappa shape index (κ2) is 6.61. The lowest BCUT2D eigenvalue weighted by atomic mass is 10.1. The molecule has 2 rings (SSSR count). The normalized spacial score (nSPS) is 16.5. The molecule has 0 amide bonds. The quantitative estimate of drug-likeness (QED) is 0.458. The molecule has 5 nitrogen and oxygen atoms in total. The maximum absolute atomic E-state index is 12.4. The van der Waals surface area contributed by atoms with E-state index in [1.165, 1.54) is 7.11 Å². The van der Waals surface area contributed by atoms with E-state index in [0.29, 0.717) is 30.1 Å². The summed E-state index contributed by atoms with van der Waals surface area (Å²) in [6.45, 7) is 2.37. The van der Waals surface area contributed by atoms with Gasteiger partial charge < -0.3 is 14.2 Å². The van der Waals surface area contributed by atoms with Gasteiger partial charge in [0.15, 0.2) is 5.78 Å². The van der Waals surface area contributed by atoms with Crippen LogP contribution in [-0.4, -0.2) is 32.6 Å². The van der Waals surface area contributed by atoms with Gasteiger partial charge in [0.25, 0.3) is 0 Å². The molecule has 0 heterocycles. The molecule has 1 aliphatic rings. The Kier molecular flexibility index (Phi) is 4.83. The third-order valence-electron chi connectivity index (χ3n) is 3.63. The Bertz CT molecular complexity index is 550. The Morgan fingerprint density at radius 2 is 2.05 bits per heavy atom. The number of carbonyl (C=O) groups excluding carboxylic acids is 2. The number of esters is 1. The van der Waals surface area contributed by atoms with Crippen molar-refractivity contribution in [2.24, 2.45) is 5.92 Å². The minimum absolute atomic E-state index is 0.231. The van der Waals surface area contributed by atoms with Crippen molar-refractivity contribution in [3.63, 3.8) is 0 Å². The smallest absolute Gasteiger partial charge is 0.317 e. The molecule has 0 spiro atoms. The molecule has 0 bridgehead atoms. The summed E-state index contributed by atoms with van der Waals surface area (Å²) in [7, 11) is 3.05. The molecular weight excluding hydrogens is 272 g/mol. The summed E-state index contributed by atoms with van der Waals surface area (Å²) in [5.74, 6) is -0.397. The number of benzene rings is 1. The number of hydrogen-bond acceptors (Lipinski definition) is 5. The van der Waals surface area contributed by atoms with E-state index in [0.717, 1.165) is 18.4 Å². The first kappa shape index (κ1) is 15.4. The highest BCUT2D eigenvalue weighted by atomic mass is 16.5. The molecule has 5 heteroatoms. The molecule has 1 aliphatic carbocycles. The zero-order chi connectivity index (χ0) is 15.4. The van der Waals surface area contributed by atoms with Gasteiger partial charge in [0.1, 0.15) is 17.4 Å². The number of ether oxygens (including phenoxy) is 3. The Balaban J connectivity index is 2.21. The number of carbonyl (C=O) groups is 2. The van der Waals surface area contributed by atoms with E-state index < -0.39 is 11.9 Å². The monoisotopic (exact) mass is 292 g/mol. The number of fused-ring (bicyclic) bond motifs is 1. The standard InChI is InChI=1S/C16H20O5/c1-4-5-6-21-16(18)12-8-10-7-11(19-2)9-13(20-3)14(10)15(12)17/h7,9,12H,4-6,8H2,1-3H3. The molecule has 0 N–H and O–H groups in total. The van der Waals surface area contributed by atoms with Crippen molar-refractivity contribution in [1.82, 2.24) is 0 Å². The fourth-order valence-corrected chi connectivity index (χ4v) is 2.46. The van der Waals surface area contributed by atoms with Gasteiger partial charge in [-0.15, -0.1) is 0 Å². The van der Waals surface area contributed by atoms with E-state index >= 15 is 0 Å². The van der Waals surface area contributed by atoms with Crippen LogP contribution in [0.25, 0.3) is 0 Å². The van der Waals surface area contributed by atoms with Gasteiger partial charge in [-0.1, -0.05) is 13.3 Å². The van der Waals surface area contributed by atoms with Crippen molar-refractivity contribution in [3.8, 4) is 11.5 Å². The molecule has 1 aromatic carbocycles. The van der Waals surface area contributed by atoms with Crippen LogP contribution < -0.4 is 9.47 Å². The molecule has 21 heavy (non-hydrogen) atoms. The first-order valence-electron chi connectivity index (χ1n) is 7.08. The average Bonchev–Trinajstić information content (AvgIpc) is 2.83. The molecule has 1 aromatic rings. The zero-order valence-electron chi connectivity index (χ0n) is 12.6. The molecule has 114 valence electrons. The molecule has 0 saturated carbocycles. The SMILES string of the molecule is CCCCOC(=O)C1Cc2cc(OC)cc(OC)c2C1=O. The van der Waals surface area contributed by atoms with Gasteiger partial charge in [-0.05, 0) is 24.5 Å². The first-order valence-corrected chi connectivity index (χ1v) is 7.08. The van der Waals surface area contributed by atoms with Gasteiger partial charge in [0.2, 0.25) is 0 Å². The van der Waals surface area contributed by atoms with Crippen LogP contribution >= 0.6 is 0 Å². The Hall–Kier alpha value is -2.04. The van der Waals surface area contributed by atoms with E-state index in [1.54, 1.807) is 19.2 Å². The second-order valence-electron chi connectivity index (χ2n) is 5.01. The Morgan fingerprint density at radius 3 is 2.67 bits per heavy atom. The fraction of sp³-hybridized carbons (Fsp3) is 0.500. The summed E-state index contributed by atoms with van der Waals surface area (Å²) in [6.07, 6.45) is 2.08. The summed E-state index contributed by atoms with van der Waals surface area (Å²) >= 11 is 0. The van der Waals surface area contributed by atoms with Gasteiger partial charge in [-0.25, -0.2) is 0 Å². The summed E-state index contributed by atoms with van der Waals surface area (Å²) in [4.78, 5) is 24.5. The Labute approximate surface area is 124 Å². The minimum atomic E-state index is -0.766. The average molecular weight is 292 g/mol. The molecule has 0 aromatic heterocycles. The number of Topliss-reactive ketones (excluding diaryl/α,β-unsaturated/α-hetero) is 1. The van der Waals surface area contributed by atoms with E-state index in [9.17, 15) is 9.59 Å². The first-order chi connectivity index (χ1) is 10.1. The van der Waals surface area contributed by atoms with E-state index in [2.05, 4.69) is 0 Å². The number of unbranched alkanes of at least 4 members (excludes halogenated alkanes) is 1. The van der Waals surface area contributed by atoms with E-state index in [-0.39, 0.29) is 5.78 Å². The molecule has 0 radical (unpaired) electrons. The van der Waals surface area contributed by atoms with Gasteiger partial charge >= 0.3 is 5.97 Å². The van der Waals surface area contributed by atoms with Crippen molar-refractivity contribution in [2.45, 2.75) is 26.2 Å². The van der Waals surface area contributed by atoms with Crippen LogP contribution in [0.15, 0.2) is 12.1 Å². The van der Waals surface area contributed by atoms with Gasteiger partial charge in [0.05, 0.1) is 26.4 Å². The molecule has 0 saturated heterocycles. The highest BCUT2D eigenvalue weighted by molar-refractivity contribution is 6.13. The van der Waals surface area contributed by atoms with E-state index in [1.807, 2.05) is 6.92 Å². The molecular formula is C16H20O5. The lowest BCUT2D eigenvalue weighted by Gasteiger charge is -2.09. The van der Waals surface area contributed by atoms with Crippen LogP contribution in [0, 0.1) is 5.92 Å². The van der Waals surface area contributed by atoms with Crippen molar-refractivity contribution in [1.29, 1.82) is 0 Å². The summed E-state index contributed by atoms with van der Waals surface area (Å²) in [5.41, 5.74) is 1.24. The molecule has 1 unspecified atom stereocenters. The molecule has 1 atom stereocenters. The zero-order valence-corrected chi connectivity index (χ0v) is 12.6. The molecule has 0 fully saturated rings. The predicted molar refractivity (Wildman–Crippen MR) is 76.9 cm³/mol.